The molecule has 0 bridgehead atoms. The SMILES string of the molecule is CC(C)C[Si](O)(O)CCC1CCC2OC2C1. The molecule has 0 radical (unpaired) electrons. The van der Waals surface area contributed by atoms with Crippen LogP contribution in [-0.2, 0) is 4.74 Å². The van der Waals surface area contributed by atoms with E-state index in [-0.39, 0.29) is 0 Å². The van der Waals surface area contributed by atoms with Crippen LogP contribution in [0.3, 0.4) is 0 Å². The Morgan fingerprint density at radius 1 is 1.25 bits per heavy atom. The summed E-state index contributed by atoms with van der Waals surface area (Å²) in [7, 11) is -2.90. The van der Waals surface area contributed by atoms with E-state index in [1.807, 2.05) is 0 Å². The second kappa shape index (κ2) is 4.76. The molecule has 3 atom stereocenters. The van der Waals surface area contributed by atoms with E-state index in [1.165, 1.54) is 12.8 Å². The Labute approximate surface area is 99.1 Å². The third kappa shape index (κ3) is 3.55. The zero-order valence-corrected chi connectivity index (χ0v) is 11.4. The van der Waals surface area contributed by atoms with E-state index in [4.69, 9.17) is 4.74 Å². The highest BCUT2D eigenvalue weighted by Crippen LogP contribution is 2.41. The number of fused-ring (bicyclic) bond motifs is 1. The van der Waals surface area contributed by atoms with Crippen LogP contribution in [0.15, 0.2) is 0 Å². The minimum Gasteiger partial charge on any atom is -0.411 e. The number of rotatable bonds is 5. The van der Waals surface area contributed by atoms with Gasteiger partial charge in [0, 0.05) is 0 Å². The molecule has 4 heteroatoms. The highest BCUT2D eigenvalue weighted by molar-refractivity contribution is 6.64. The molecule has 2 fully saturated rings. The maximum Gasteiger partial charge on any atom is 0.333 e. The van der Waals surface area contributed by atoms with E-state index >= 15 is 0 Å². The largest absolute Gasteiger partial charge is 0.411 e. The van der Waals surface area contributed by atoms with Crippen molar-refractivity contribution in [3.63, 3.8) is 0 Å². The van der Waals surface area contributed by atoms with Crippen LogP contribution in [0.25, 0.3) is 0 Å². The number of hydrogen-bond acceptors (Lipinski definition) is 3. The summed E-state index contributed by atoms with van der Waals surface area (Å²) in [4.78, 5) is 19.9. The van der Waals surface area contributed by atoms with E-state index in [2.05, 4.69) is 13.8 Å². The molecule has 0 spiro atoms. The maximum absolute atomic E-state index is 9.96. The van der Waals surface area contributed by atoms with E-state index in [1.54, 1.807) is 0 Å². The minimum absolute atomic E-state index is 0.393. The van der Waals surface area contributed by atoms with Crippen molar-refractivity contribution in [1.82, 2.24) is 0 Å². The first-order valence-corrected chi connectivity index (χ1v) is 8.87. The van der Waals surface area contributed by atoms with Gasteiger partial charge in [0.1, 0.15) is 0 Å². The topological polar surface area (TPSA) is 53.0 Å². The lowest BCUT2D eigenvalue weighted by Crippen LogP contribution is -2.36. The summed E-state index contributed by atoms with van der Waals surface area (Å²) < 4.78 is 5.49. The van der Waals surface area contributed by atoms with Crippen LogP contribution in [0.5, 0.6) is 0 Å². The van der Waals surface area contributed by atoms with Crippen molar-refractivity contribution < 1.29 is 14.3 Å². The van der Waals surface area contributed by atoms with Crippen LogP contribution in [0, 0.1) is 11.8 Å². The molecule has 1 saturated heterocycles. The van der Waals surface area contributed by atoms with E-state index in [0.717, 1.165) is 12.8 Å². The summed E-state index contributed by atoms with van der Waals surface area (Å²) in [6.45, 7) is 4.11. The van der Waals surface area contributed by atoms with Crippen LogP contribution in [0.4, 0.5) is 0 Å². The highest BCUT2D eigenvalue weighted by atomic mass is 28.4. The molecular formula is C12H24O3Si. The first-order chi connectivity index (χ1) is 7.46. The Morgan fingerprint density at radius 3 is 2.62 bits per heavy atom. The standard InChI is InChI=1S/C12H24O3Si/c1-9(2)8-16(13,14)6-5-10-3-4-11-12(7-10)15-11/h9-14H,3-8H2,1-2H3. The van der Waals surface area contributed by atoms with E-state index in [0.29, 0.717) is 36.1 Å². The average molecular weight is 244 g/mol. The zero-order valence-electron chi connectivity index (χ0n) is 10.4. The van der Waals surface area contributed by atoms with Gasteiger partial charge in [0.05, 0.1) is 12.2 Å². The molecule has 2 aliphatic rings. The van der Waals surface area contributed by atoms with Gasteiger partial charge >= 0.3 is 8.56 Å². The van der Waals surface area contributed by atoms with E-state index in [9.17, 15) is 9.59 Å². The predicted octanol–water partition coefficient (Wildman–Crippen LogP) is 2.03. The van der Waals surface area contributed by atoms with Crippen LogP contribution in [0.1, 0.15) is 39.5 Å². The first kappa shape index (κ1) is 12.6. The van der Waals surface area contributed by atoms with Gasteiger partial charge in [0.25, 0.3) is 0 Å². The van der Waals surface area contributed by atoms with Gasteiger partial charge in [-0.1, -0.05) is 13.8 Å². The molecule has 94 valence electrons. The fourth-order valence-corrected chi connectivity index (χ4v) is 5.32. The summed E-state index contributed by atoms with van der Waals surface area (Å²) in [6.07, 6.45) is 5.60. The molecule has 0 aromatic carbocycles. The third-order valence-corrected chi connectivity index (χ3v) is 6.36. The van der Waals surface area contributed by atoms with Crippen molar-refractivity contribution >= 4 is 8.56 Å². The fourth-order valence-electron chi connectivity index (χ4n) is 2.94. The normalized spacial score (nSPS) is 33.9. The summed E-state index contributed by atoms with van der Waals surface area (Å²) in [5.74, 6) is 1.06. The van der Waals surface area contributed by atoms with Gasteiger partial charge in [-0.2, -0.15) is 0 Å². The molecule has 16 heavy (non-hydrogen) atoms. The Kier molecular flexibility index (Phi) is 3.74. The zero-order chi connectivity index (χ0) is 11.8. The van der Waals surface area contributed by atoms with Crippen molar-refractivity contribution in [3.05, 3.63) is 0 Å². The molecule has 0 amide bonds. The summed E-state index contributed by atoms with van der Waals surface area (Å²) >= 11 is 0. The molecule has 1 aliphatic carbocycles. The van der Waals surface area contributed by atoms with Crippen LogP contribution in [-0.4, -0.2) is 30.4 Å². The van der Waals surface area contributed by atoms with Crippen LogP contribution in [0.2, 0.25) is 12.1 Å². The van der Waals surface area contributed by atoms with Gasteiger partial charge in [-0.15, -0.1) is 0 Å². The molecule has 0 aromatic heterocycles. The molecule has 0 aromatic rings. The second-order valence-electron chi connectivity index (χ2n) is 6.01. The summed E-state index contributed by atoms with van der Waals surface area (Å²) in [6, 6.07) is 1.26. The van der Waals surface area contributed by atoms with Crippen LogP contribution >= 0.6 is 0 Å². The highest BCUT2D eigenvalue weighted by Gasteiger charge is 2.44. The van der Waals surface area contributed by atoms with E-state index < -0.39 is 8.56 Å². The predicted molar refractivity (Wildman–Crippen MR) is 65.3 cm³/mol. The Morgan fingerprint density at radius 2 is 2.00 bits per heavy atom. The first-order valence-electron chi connectivity index (χ1n) is 6.56. The maximum atomic E-state index is 9.96. The molecule has 3 unspecified atom stereocenters. The monoisotopic (exact) mass is 244 g/mol. The van der Waals surface area contributed by atoms with Crippen molar-refractivity contribution in [1.29, 1.82) is 0 Å². The number of ether oxygens (including phenoxy) is 1. The van der Waals surface area contributed by atoms with Crippen LogP contribution < -0.4 is 0 Å². The van der Waals surface area contributed by atoms with Gasteiger partial charge in [0.2, 0.25) is 0 Å². The number of epoxide rings is 1. The molecule has 1 aliphatic heterocycles. The molecule has 3 nitrogen and oxygen atoms in total. The Bertz CT molecular complexity index is 242. The van der Waals surface area contributed by atoms with Crippen molar-refractivity contribution in [2.24, 2.45) is 11.8 Å². The lowest BCUT2D eigenvalue weighted by atomic mass is 9.88. The lowest BCUT2D eigenvalue weighted by Gasteiger charge is -2.24. The van der Waals surface area contributed by atoms with Gasteiger partial charge in [0.15, 0.2) is 0 Å². The summed E-state index contributed by atoms with van der Waals surface area (Å²) in [5, 5.41) is 0. The fraction of sp³-hybridized carbons (Fsp3) is 1.00. The Hall–Kier alpha value is 0.0969. The average Bonchev–Trinajstić information content (AvgIpc) is 2.90. The third-order valence-electron chi connectivity index (χ3n) is 3.80. The van der Waals surface area contributed by atoms with Gasteiger partial charge in [-0.3, -0.25) is 0 Å². The smallest absolute Gasteiger partial charge is 0.333 e. The van der Waals surface area contributed by atoms with Crippen molar-refractivity contribution in [2.75, 3.05) is 0 Å². The minimum atomic E-state index is -2.90. The Balaban J connectivity index is 1.69. The molecular weight excluding hydrogens is 220 g/mol. The van der Waals surface area contributed by atoms with Gasteiger partial charge in [-0.05, 0) is 49.6 Å². The molecule has 2 rings (SSSR count). The van der Waals surface area contributed by atoms with Crippen molar-refractivity contribution in [2.45, 2.75) is 63.8 Å². The van der Waals surface area contributed by atoms with Gasteiger partial charge in [-0.25, -0.2) is 0 Å². The number of hydrogen-bond donors (Lipinski definition) is 2. The molecule has 2 N–H and O–H groups in total. The second-order valence-corrected chi connectivity index (χ2v) is 8.88. The molecule has 1 saturated carbocycles. The van der Waals surface area contributed by atoms with Gasteiger partial charge < -0.3 is 14.3 Å². The summed E-state index contributed by atoms with van der Waals surface area (Å²) in [5.41, 5.74) is 0. The quantitative estimate of drug-likeness (QED) is 0.575. The lowest BCUT2D eigenvalue weighted by molar-refractivity contribution is 0.319. The molecule has 1 heterocycles. The van der Waals surface area contributed by atoms with Crippen molar-refractivity contribution in [3.8, 4) is 0 Å².